The number of ether oxygens (including phenoxy) is 1. The molecule has 2 N–H and O–H groups in total. The largest absolute Gasteiger partial charge is 0.468 e. The van der Waals surface area contributed by atoms with Gasteiger partial charge in [-0.25, -0.2) is 0 Å². The fourth-order valence-corrected chi connectivity index (χ4v) is 1.48. The van der Waals surface area contributed by atoms with Crippen molar-refractivity contribution in [2.45, 2.75) is 18.9 Å². The highest BCUT2D eigenvalue weighted by Gasteiger charge is 2.17. The summed E-state index contributed by atoms with van der Waals surface area (Å²) in [5, 5.41) is 10.7. The Kier molecular flexibility index (Phi) is 4.59. The molecule has 0 aliphatic carbocycles. The van der Waals surface area contributed by atoms with E-state index in [1.54, 1.807) is 18.2 Å². The molecule has 92 valence electrons. The minimum absolute atomic E-state index is 0.0459. The van der Waals surface area contributed by atoms with Gasteiger partial charge < -0.3 is 10.5 Å². The molecule has 6 nitrogen and oxygen atoms in total. The number of rotatable bonds is 5. The van der Waals surface area contributed by atoms with Gasteiger partial charge in [0.1, 0.15) is 6.04 Å². The van der Waals surface area contributed by atoms with E-state index in [4.69, 9.17) is 5.73 Å². The van der Waals surface area contributed by atoms with Gasteiger partial charge in [-0.2, -0.15) is 0 Å². The van der Waals surface area contributed by atoms with Gasteiger partial charge in [-0.1, -0.05) is 18.2 Å². The molecule has 0 fully saturated rings. The first-order chi connectivity index (χ1) is 8.06. The number of nitro groups is 1. The fraction of sp³-hybridized carbons (Fsp3) is 0.364. The van der Waals surface area contributed by atoms with Crippen LogP contribution in [0.25, 0.3) is 0 Å². The Labute approximate surface area is 98.5 Å². The highest BCUT2D eigenvalue weighted by atomic mass is 16.6. The first-order valence-electron chi connectivity index (χ1n) is 5.12. The SMILES string of the molecule is COC(=O)C(N)CCc1ccccc1[N+](=O)[O-]. The van der Waals surface area contributed by atoms with E-state index < -0.39 is 16.9 Å². The Morgan fingerprint density at radius 3 is 2.76 bits per heavy atom. The predicted molar refractivity (Wildman–Crippen MR) is 61.4 cm³/mol. The zero-order chi connectivity index (χ0) is 12.8. The topological polar surface area (TPSA) is 95.5 Å². The molecule has 1 aromatic carbocycles. The van der Waals surface area contributed by atoms with E-state index in [1.165, 1.54) is 13.2 Å². The highest BCUT2D eigenvalue weighted by Crippen LogP contribution is 2.19. The molecule has 0 amide bonds. The normalized spacial score (nSPS) is 11.9. The van der Waals surface area contributed by atoms with Gasteiger partial charge in [0.05, 0.1) is 12.0 Å². The maximum absolute atomic E-state index is 11.1. The second-order valence-corrected chi connectivity index (χ2v) is 3.55. The van der Waals surface area contributed by atoms with Crippen molar-refractivity contribution in [1.29, 1.82) is 0 Å². The number of esters is 1. The van der Waals surface area contributed by atoms with Crippen LogP contribution in [0.3, 0.4) is 0 Å². The van der Waals surface area contributed by atoms with Crippen molar-refractivity contribution in [3.63, 3.8) is 0 Å². The number of carbonyl (C=O) groups is 1. The summed E-state index contributed by atoms with van der Waals surface area (Å²) in [6.07, 6.45) is 0.685. The lowest BCUT2D eigenvalue weighted by molar-refractivity contribution is -0.385. The average Bonchev–Trinajstić information content (AvgIpc) is 2.35. The molecule has 1 atom stereocenters. The highest BCUT2D eigenvalue weighted by molar-refractivity contribution is 5.75. The Balaban J connectivity index is 2.69. The first kappa shape index (κ1) is 13.1. The number of hydrogen-bond donors (Lipinski definition) is 1. The number of para-hydroxylation sites is 1. The number of nitro benzene ring substituents is 1. The average molecular weight is 238 g/mol. The number of benzene rings is 1. The number of nitrogens with zero attached hydrogens (tertiary/aromatic N) is 1. The standard InChI is InChI=1S/C11H14N2O4/c1-17-11(14)9(12)7-6-8-4-2-3-5-10(8)13(15)16/h2-5,9H,6-7,12H2,1H3. The van der Waals surface area contributed by atoms with E-state index >= 15 is 0 Å². The molecule has 0 aliphatic heterocycles. The van der Waals surface area contributed by atoms with E-state index in [0.717, 1.165) is 0 Å². The molecular weight excluding hydrogens is 224 g/mol. The lowest BCUT2D eigenvalue weighted by atomic mass is 10.0. The third kappa shape index (κ3) is 3.53. The zero-order valence-electron chi connectivity index (χ0n) is 9.46. The summed E-state index contributed by atoms with van der Waals surface area (Å²) in [5.41, 5.74) is 6.17. The van der Waals surface area contributed by atoms with Crippen LogP contribution in [-0.2, 0) is 16.0 Å². The van der Waals surface area contributed by atoms with Crippen molar-refractivity contribution < 1.29 is 14.5 Å². The number of carbonyl (C=O) groups excluding carboxylic acids is 1. The van der Waals surface area contributed by atoms with Gasteiger partial charge in [0.15, 0.2) is 0 Å². The molecule has 1 unspecified atom stereocenters. The summed E-state index contributed by atoms with van der Waals surface area (Å²) in [6, 6.07) is 5.65. The minimum atomic E-state index is -0.750. The molecule has 0 bridgehead atoms. The summed E-state index contributed by atoms with van der Waals surface area (Å²) in [4.78, 5) is 21.4. The maximum Gasteiger partial charge on any atom is 0.322 e. The zero-order valence-corrected chi connectivity index (χ0v) is 9.46. The lowest BCUT2D eigenvalue weighted by Gasteiger charge is -2.08. The van der Waals surface area contributed by atoms with Crippen LogP contribution in [-0.4, -0.2) is 24.0 Å². The monoisotopic (exact) mass is 238 g/mol. The quantitative estimate of drug-likeness (QED) is 0.469. The van der Waals surface area contributed by atoms with Crippen molar-refractivity contribution in [2.75, 3.05) is 7.11 Å². The summed E-state index contributed by atoms with van der Waals surface area (Å²) in [6.45, 7) is 0. The number of methoxy groups -OCH3 is 1. The fourth-order valence-electron chi connectivity index (χ4n) is 1.48. The third-order valence-electron chi connectivity index (χ3n) is 2.42. The van der Waals surface area contributed by atoms with Crippen molar-refractivity contribution >= 4 is 11.7 Å². The lowest BCUT2D eigenvalue weighted by Crippen LogP contribution is -2.31. The van der Waals surface area contributed by atoms with Gasteiger partial charge in [0.25, 0.3) is 5.69 Å². The van der Waals surface area contributed by atoms with Gasteiger partial charge in [-0.3, -0.25) is 14.9 Å². The molecule has 0 saturated heterocycles. The molecule has 1 aromatic rings. The minimum Gasteiger partial charge on any atom is -0.468 e. The van der Waals surface area contributed by atoms with E-state index in [9.17, 15) is 14.9 Å². The van der Waals surface area contributed by atoms with Crippen LogP contribution in [0.4, 0.5) is 5.69 Å². The van der Waals surface area contributed by atoms with Gasteiger partial charge >= 0.3 is 5.97 Å². The molecule has 1 rings (SSSR count). The molecule has 6 heteroatoms. The van der Waals surface area contributed by atoms with Gasteiger partial charge in [0.2, 0.25) is 0 Å². The van der Waals surface area contributed by atoms with E-state index in [2.05, 4.69) is 4.74 Å². The van der Waals surface area contributed by atoms with Crippen LogP contribution >= 0.6 is 0 Å². The van der Waals surface area contributed by atoms with Crippen molar-refractivity contribution in [3.05, 3.63) is 39.9 Å². The number of nitrogens with two attached hydrogens (primary N) is 1. The van der Waals surface area contributed by atoms with Crippen LogP contribution in [0.2, 0.25) is 0 Å². The van der Waals surface area contributed by atoms with Crippen LogP contribution < -0.4 is 5.73 Å². The molecule has 0 aromatic heterocycles. The van der Waals surface area contributed by atoms with Crippen LogP contribution in [0.15, 0.2) is 24.3 Å². The van der Waals surface area contributed by atoms with Gasteiger partial charge in [-0.05, 0) is 12.8 Å². The Morgan fingerprint density at radius 2 is 2.18 bits per heavy atom. The van der Waals surface area contributed by atoms with Crippen LogP contribution in [0, 0.1) is 10.1 Å². The Morgan fingerprint density at radius 1 is 1.53 bits per heavy atom. The molecule has 0 saturated carbocycles. The van der Waals surface area contributed by atoms with Gasteiger partial charge in [-0.15, -0.1) is 0 Å². The second-order valence-electron chi connectivity index (χ2n) is 3.55. The van der Waals surface area contributed by atoms with E-state index in [-0.39, 0.29) is 5.69 Å². The van der Waals surface area contributed by atoms with Crippen molar-refractivity contribution in [3.8, 4) is 0 Å². The van der Waals surface area contributed by atoms with E-state index in [1.807, 2.05) is 0 Å². The summed E-state index contributed by atoms with van der Waals surface area (Å²) < 4.78 is 4.48. The number of hydrogen-bond acceptors (Lipinski definition) is 5. The third-order valence-corrected chi connectivity index (χ3v) is 2.42. The van der Waals surface area contributed by atoms with Crippen LogP contribution in [0.1, 0.15) is 12.0 Å². The maximum atomic E-state index is 11.1. The summed E-state index contributed by atoms with van der Waals surface area (Å²) in [5.74, 6) is -0.511. The van der Waals surface area contributed by atoms with Crippen molar-refractivity contribution in [2.24, 2.45) is 5.73 Å². The summed E-state index contributed by atoms with van der Waals surface area (Å²) >= 11 is 0. The Hall–Kier alpha value is -1.95. The van der Waals surface area contributed by atoms with Crippen LogP contribution in [0.5, 0.6) is 0 Å². The van der Waals surface area contributed by atoms with E-state index in [0.29, 0.717) is 18.4 Å². The smallest absolute Gasteiger partial charge is 0.322 e. The molecule has 0 heterocycles. The first-order valence-corrected chi connectivity index (χ1v) is 5.12. The molecule has 17 heavy (non-hydrogen) atoms. The molecule has 0 spiro atoms. The molecule has 0 radical (unpaired) electrons. The second kappa shape index (κ2) is 5.95. The predicted octanol–water partition coefficient (Wildman–Crippen LogP) is 1.03. The summed E-state index contributed by atoms with van der Waals surface area (Å²) in [7, 11) is 1.26. The molecular formula is C11H14N2O4. The van der Waals surface area contributed by atoms with Crippen molar-refractivity contribution in [1.82, 2.24) is 0 Å². The van der Waals surface area contributed by atoms with Gasteiger partial charge in [0, 0.05) is 11.6 Å². The Bertz CT molecular complexity index is 420. The molecule has 0 aliphatic rings. The number of aryl methyl sites for hydroxylation is 1.